The third-order valence-electron chi connectivity index (χ3n) is 1.35. The molecule has 0 aliphatic carbocycles. The highest BCUT2D eigenvalue weighted by molar-refractivity contribution is 5.70. The summed E-state index contributed by atoms with van der Waals surface area (Å²) in [6.07, 6.45) is 4.63. The molecular weight excluding hydrogens is 144 g/mol. The summed E-state index contributed by atoms with van der Waals surface area (Å²) in [5.41, 5.74) is 0.433. The number of aliphatic hydroxyl groups excluding tert-OH is 1. The molecule has 0 radical (unpaired) electrons. The minimum absolute atomic E-state index is 0.161. The van der Waals surface area contributed by atoms with E-state index in [1.807, 2.05) is 0 Å². The van der Waals surface area contributed by atoms with Crippen LogP contribution in [0.3, 0.4) is 0 Å². The highest BCUT2D eigenvalue weighted by atomic mass is 16.3. The van der Waals surface area contributed by atoms with Crippen molar-refractivity contribution in [2.24, 2.45) is 0 Å². The molecule has 1 rings (SSSR count). The van der Waals surface area contributed by atoms with Gasteiger partial charge in [-0.3, -0.25) is 4.79 Å². The Morgan fingerprint density at radius 1 is 1.73 bits per heavy atom. The van der Waals surface area contributed by atoms with Crippen LogP contribution in [0.1, 0.15) is 16.9 Å². The van der Waals surface area contributed by atoms with Gasteiger partial charge in [0.2, 0.25) is 0 Å². The molecule has 0 bridgehead atoms. The second-order valence-electron chi connectivity index (χ2n) is 2.23. The first kappa shape index (κ1) is 7.94. The van der Waals surface area contributed by atoms with Gasteiger partial charge in [-0.25, -0.2) is 4.98 Å². The van der Waals surface area contributed by atoms with Gasteiger partial charge in [0.15, 0.2) is 6.29 Å². The van der Waals surface area contributed by atoms with Crippen LogP contribution >= 0.6 is 0 Å². The predicted molar refractivity (Wildman–Crippen MR) is 39.3 cm³/mol. The van der Waals surface area contributed by atoms with E-state index in [1.54, 1.807) is 17.1 Å². The van der Waals surface area contributed by atoms with Gasteiger partial charge in [0.05, 0.1) is 6.33 Å². The third-order valence-corrected chi connectivity index (χ3v) is 1.35. The van der Waals surface area contributed by atoms with Gasteiger partial charge in [0, 0.05) is 19.3 Å². The second kappa shape index (κ2) is 3.88. The topological polar surface area (TPSA) is 55.1 Å². The number of hydrogen-bond acceptors (Lipinski definition) is 3. The average Bonchev–Trinajstić information content (AvgIpc) is 2.48. The Labute approximate surface area is 64.5 Å². The number of rotatable bonds is 4. The maximum Gasteiger partial charge on any atom is 0.169 e. The fourth-order valence-corrected chi connectivity index (χ4v) is 0.814. The van der Waals surface area contributed by atoms with Crippen molar-refractivity contribution in [1.29, 1.82) is 0 Å². The minimum atomic E-state index is 0.161. The smallest absolute Gasteiger partial charge is 0.169 e. The zero-order chi connectivity index (χ0) is 8.10. The van der Waals surface area contributed by atoms with Crippen molar-refractivity contribution in [1.82, 2.24) is 9.55 Å². The van der Waals surface area contributed by atoms with E-state index in [-0.39, 0.29) is 6.61 Å². The fourth-order valence-electron chi connectivity index (χ4n) is 0.814. The summed E-state index contributed by atoms with van der Waals surface area (Å²) in [6.45, 7) is 0.867. The zero-order valence-corrected chi connectivity index (χ0v) is 6.10. The summed E-state index contributed by atoms with van der Waals surface area (Å²) in [6, 6.07) is 0. The Balaban J connectivity index is 2.51. The molecular formula is C7H10N2O2. The van der Waals surface area contributed by atoms with Crippen molar-refractivity contribution >= 4 is 6.29 Å². The Morgan fingerprint density at radius 3 is 3.09 bits per heavy atom. The zero-order valence-electron chi connectivity index (χ0n) is 6.10. The molecule has 0 aliphatic heterocycles. The standard InChI is InChI=1S/C7H10N2O2/c10-3-1-2-9-4-7(5-11)8-6-9/h4-6,10H,1-3H2. The number of hydrogen-bond donors (Lipinski definition) is 1. The van der Waals surface area contributed by atoms with Crippen LogP contribution in [0.2, 0.25) is 0 Å². The van der Waals surface area contributed by atoms with Gasteiger partial charge >= 0.3 is 0 Å². The lowest BCUT2D eigenvalue weighted by atomic mass is 10.4. The minimum Gasteiger partial charge on any atom is -0.396 e. The predicted octanol–water partition coefficient (Wildman–Crippen LogP) is 0.0780. The monoisotopic (exact) mass is 154 g/mol. The van der Waals surface area contributed by atoms with E-state index >= 15 is 0 Å². The first-order valence-electron chi connectivity index (χ1n) is 3.44. The van der Waals surface area contributed by atoms with Crippen molar-refractivity contribution < 1.29 is 9.90 Å². The molecule has 1 aromatic rings. The van der Waals surface area contributed by atoms with Crippen molar-refractivity contribution in [2.45, 2.75) is 13.0 Å². The van der Waals surface area contributed by atoms with Crippen molar-refractivity contribution in [3.05, 3.63) is 18.2 Å². The highest BCUT2D eigenvalue weighted by Gasteiger charge is 1.94. The fraction of sp³-hybridized carbons (Fsp3) is 0.429. The average molecular weight is 154 g/mol. The van der Waals surface area contributed by atoms with Crippen molar-refractivity contribution in [3.8, 4) is 0 Å². The van der Waals surface area contributed by atoms with Crippen LogP contribution in [-0.4, -0.2) is 27.6 Å². The van der Waals surface area contributed by atoms with Crippen LogP contribution in [-0.2, 0) is 6.54 Å². The van der Waals surface area contributed by atoms with Gasteiger partial charge in [-0.1, -0.05) is 0 Å². The van der Waals surface area contributed by atoms with E-state index in [4.69, 9.17) is 5.11 Å². The van der Waals surface area contributed by atoms with E-state index in [0.717, 1.165) is 0 Å². The molecule has 4 heteroatoms. The summed E-state index contributed by atoms with van der Waals surface area (Å²) in [7, 11) is 0. The van der Waals surface area contributed by atoms with Crippen LogP contribution in [0.5, 0.6) is 0 Å². The summed E-state index contributed by atoms with van der Waals surface area (Å²) < 4.78 is 1.78. The molecule has 0 saturated carbocycles. The molecule has 1 aromatic heterocycles. The SMILES string of the molecule is O=Cc1cn(CCCO)cn1. The third kappa shape index (κ3) is 2.16. The number of imidazole rings is 1. The molecule has 0 saturated heterocycles. The van der Waals surface area contributed by atoms with Gasteiger partial charge in [-0.15, -0.1) is 0 Å². The Kier molecular flexibility index (Phi) is 2.80. The van der Waals surface area contributed by atoms with Crippen LogP contribution in [0.15, 0.2) is 12.5 Å². The number of aromatic nitrogens is 2. The van der Waals surface area contributed by atoms with Crippen LogP contribution in [0.25, 0.3) is 0 Å². The number of aryl methyl sites for hydroxylation is 1. The van der Waals surface area contributed by atoms with Crippen molar-refractivity contribution in [2.75, 3.05) is 6.61 Å². The molecule has 0 fully saturated rings. The van der Waals surface area contributed by atoms with Crippen molar-refractivity contribution in [3.63, 3.8) is 0 Å². The van der Waals surface area contributed by atoms with Gasteiger partial charge in [-0.2, -0.15) is 0 Å². The first-order valence-corrected chi connectivity index (χ1v) is 3.44. The summed E-state index contributed by atoms with van der Waals surface area (Å²) in [4.78, 5) is 14.0. The second-order valence-corrected chi connectivity index (χ2v) is 2.23. The largest absolute Gasteiger partial charge is 0.396 e. The van der Waals surface area contributed by atoms with E-state index < -0.39 is 0 Å². The van der Waals surface area contributed by atoms with Gasteiger partial charge in [0.1, 0.15) is 5.69 Å². The molecule has 4 nitrogen and oxygen atoms in total. The lowest BCUT2D eigenvalue weighted by Crippen LogP contribution is -1.96. The number of aldehydes is 1. The molecule has 0 atom stereocenters. The number of nitrogens with zero attached hydrogens (tertiary/aromatic N) is 2. The Bertz CT molecular complexity index is 232. The molecule has 0 amide bonds. The van der Waals surface area contributed by atoms with E-state index in [9.17, 15) is 4.79 Å². The first-order chi connectivity index (χ1) is 5.36. The quantitative estimate of drug-likeness (QED) is 0.625. The van der Waals surface area contributed by atoms with Crippen LogP contribution < -0.4 is 0 Å². The maximum atomic E-state index is 10.2. The lowest BCUT2D eigenvalue weighted by molar-refractivity contribution is 0.111. The summed E-state index contributed by atoms with van der Waals surface area (Å²) in [5, 5.41) is 8.49. The number of carbonyl (C=O) groups excluding carboxylic acids is 1. The molecule has 0 spiro atoms. The van der Waals surface area contributed by atoms with Gasteiger partial charge in [-0.05, 0) is 6.42 Å². The summed E-state index contributed by atoms with van der Waals surface area (Å²) in [5.74, 6) is 0. The van der Waals surface area contributed by atoms with E-state index in [2.05, 4.69) is 4.98 Å². The van der Waals surface area contributed by atoms with Gasteiger partial charge < -0.3 is 9.67 Å². The molecule has 1 heterocycles. The Hall–Kier alpha value is -1.16. The van der Waals surface area contributed by atoms with Gasteiger partial charge in [0.25, 0.3) is 0 Å². The van der Waals surface area contributed by atoms with E-state index in [1.165, 1.54) is 0 Å². The number of carbonyl (C=O) groups is 1. The maximum absolute atomic E-state index is 10.2. The van der Waals surface area contributed by atoms with E-state index in [0.29, 0.717) is 24.9 Å². The molecule has 60 valence electrons. The van der Waals surface area contributed by atoms with Crippen LogP contribution in [0, 0.1) is 0 Å². The van der Waals surface area contributed by atoms with Crippen LogP contribution in [0.4, 0.5) is 0 Å². The summed E-state index contributed by atoms with van der Waals surface area (Å²) >= 11 is 0. The number of aliphatic hydroxyl groups is 1. The molecule has 0 aromatic carbocycles. The normalized spacial score (nSPS) is 9.91. The lowest BCUT2D eigenvalue weighted by Gasteiger charge is -1.96. The molecule has 0 unspecified atom stereocenters. The molecule has 1 N–H and O–H groups in total. The Morgan fingerprint density at radius 2 is 2.55 bits per heavy atom. The molecule has 0 aliphatic rings. The highest BCUT2D eigenvalue weighted by Crippen LogP contribution is 1.93. The molecule has 11 heavy (non-hydrogen) atoms.